The number of benzene rings is 1. The van der Waals surface area contributed by atoms with Gasteiger partial charge in [-0.1, -0.05) is 17.8 Å². The molecule has 110 valence electrons. The largest absolute Gasteiger partial charge is 0.370 e. The molecule has 0 amide bonds. The summed E-state index contributed by atoms with van der Waals surface area (Å²) in [6.45, 7) is 3.64. The Hall–Kier alpha value is -1.82. The van der Waals surface area contributed by atoms with Crippen molar-refractivity contribution in [2.45, 2.75) is 18.5 Å². The van der Waals surface area contributed by atoms with E-state index in [0.717, 1.165) is 42.4 Å². The first-order chi connectivity index (χ1) is 10.2. The number of fused-ring (bicyclic) bond motifs is 1. The Morgan fingerprint density at radius 2 is 2.19 bits per heavy atom. The smallest absolute Gasteiger partial charge is 0.191 e. The van der Waals surface area contributed by atoms with Crippen molar-refractivity contribution in [1.82, 2.24) is 9.97 Å². The lowest BCUT2D eigenvalue weighted by Crippen LogP contribution is -2.16. The molecule has 0 saturated heterocycles. The molecular formula is C15H17FN4S. The monoisotopic (exact) mass is 304 g/mol. The summed E-state index contributed by atoms with van der Waals surface area (Å²) in [5, 5.41) is 3.93. The molecule has 21 heavy (non-hydrogen) atoms. The second-order valence-electron chi connectivity index (χ2n) is 4.80. The summed E-state index contributed by atoms with van der Waals surface area (Å²) in [7, 11) is 0. The molecule has 0 atom stereocenters. The van der Waals surface area contributed by atoms with Crippen molar-refractivity contribution >= 4 is 29.1 Å². The van der Waals surface area contributed by atoms with Crippen LogP contribution < -0.4 is 10.2 Å². The third kappa shape index (κ3) is 2.81. The van der Waals surface area contributed by atoms with Gasteiger partial charge in [-0.15, -0.1) is 0 Å². The molecule has 0 bridgehead atoms. The Balaban J connectivity index is 2.02. The maximum absolute atomic E-state index is 13.5. The molecule has 0 radical (unpaired) electrons. The number of halogens is 1. The number of hydrogen-bond acceptors (Lipinski definition) is 5. The van der Waals surface area contributed by atoms with Crippen molar-refractivity contribution in [3.05, 3.63) is 35.6 Å². The van der Waals surface area contributed by atoms with Crippen LogP contribution in [0.5, 0.6) is 0 Å². The Bertz CT molecular complexity index is 662. The lowest BCUT2D eigenvalue weighted by atomic mass is 10.2. The molecule has 6 heteroatoms. The fourth-order valence-electron chi connectivity index (χ4n) is 2.50. The van der Waals surface area contributed by atoms with Crippen LogP contribution in [0.3, 0.4) is 0 Å². The van der Waals surface area contributed by atoms with Crippen molar-refractivity contribution in [2.24, 2.45) is 0 Å². The number of nitrogens with one attached hydrogen (secondary N) is 1. The Morgan fingerprint density at radius 1 is 1.33 bits per heavy atom. The number of aromatic nitrogens is 2. The van der Waals surface area contributed by atoms with E-state index in [0.29, 0.717) is 5.16 Å². The van der Waals surface area contributed by atoms with Gasteiger partial charge in [-0.25, -0.2) is 14.4 Å². The molecule has 0 unspecified atom stereocenters. The van der Waals surface area contributed by atoms with Gasteiger partial charge in [-0.2, -0.15) is 0 Å². The van der Waals surface area contributed by atoms with Crippen molar-refractivity contribution in [2.75, 3.05) is 29.6 Å². The molecule has 0 spiro atoms. The summed E-state index contributed by atoms with van der Waals surface area (Å²) >= 11 is 1.50. The van der Waals surface area contributed by atoms with E-state index in [1.807, 2.05) is 25.3 Å². The van der Waals surface area contributed by atoms with Gasteiger partial charge in [0.25, 0.3) is 0 Å². The van der Waals surface area contributed by atoms with Crippen LogP contribution in [0.2, 0.25) is 0 Å². The summed E-state index contributed by atoms with van der Waals surface area (Å²) in [4.78, 5) is 11.0. The number of rotatable bonds is 4. The molecule has 1 aliphatic rings. The van der Waals surface area contributed by atoms with E-state index in [-0.39, 0.29) is 5.82 Å². The van der Waals surface area contributed by atoms with Gasteiger partial charge in [0.2, 0.25) is 0 Å². The number of anilines is 3. The fourth-order valence-corrected chi connectivity index (χ4v) is 2.88. The van der Waals surface area contributed by atoms with E-state index in [2.05, 4.69) is 20.2 Å². The van der Waals surface area contributed by atoms with Gasteiger partial charge in [-0.3, -0.25) is 0 Å². The van der Waals surface area contributed by atoms with Gasteiger partial charge in [0.05, 0.1) is 0 Å². The van der Waals surface area contributed by atoms with Crippen LogP contribution in [-0.2, 0) is 6.42 Å². The molecule has 1 aliphatic heterocycles. The fraction of sp³-hybridized carbons (Fsp3) is 0.333. The zero-order valence-electron chi connectivity index (χ0n) is 12.1. The predicted molar refractivity (Wildman–Crippen MR) is 85.1 cm³/mol. The average Bonchev–Trinajstić information content (AvgIpc) is 2.90. The second kappa shape index (κ2) is 5.89. The minimum Gasteiger partial charge on any atom is -0.370 e. The highest BCUT2D eigenvalue weighted by atomic mass is 32.2. The quantitative estimate of drug-likeness (QED) is 0.692. The second-order valence-corrected chi connectivity index (χ2v) is 5.58. The van der Waals surface area contributed by atoms with E-state index < -0.39 is 0 Å². The van der Waals surface area contributed by atoms with Gasteiger partial charge in [0, 0.05) is 24.8 Å². The molecule has 0 aliphatic carbocycles. The van der Waals surface area contributed by atoms with Crippen LogP contribution in [-0.4, -0.2) is 29.3 Å². The lowest BCUT2D eigenvalue weighted by molar-refractivity contribution is 0.628. The van der Waals surface area contributed by atoms with Gasteiger partial charge < -0.3 is 10.2 Å². The molecule has 3 rings (SSSR count). The van der Waals surface area contributed by atoms with E-state index in [4.69, 9.17) is 0 Å². The van der Waals surface area contributed by atoms with Crippen molar-refractivity contribution in [1.29, 1.82) is 0 Å². The van der Waals surface area contributed by atoms with Crippen LogP contribution in [0.1, 0.15) is 12.5 Å². The molecule has 1 N–H and O–H groups in total. The molecule has 2 heterocycles. The maximum Gasteiger partial charge on any atom is 0.191 e. The normalized spacial score (nSPS) is 13.4. The minimum atomic E-state index is -0.216. The van der Waals surface area contributed by atoms with E-state index in [1.165, 1.54) is 17.8 Å². The highest BCUT2D eigenvalue weighted by molar-refractivity contribution is 7.98. The summed E-state index contributed by atoms with van der Waals surface area (Å²) < 4.78 is 13.5. The van der Waals surface area contributed by atoms with Crippen molar-refractivity contribution < 1.29 is 4.39 Å². The highest BCUT2D eigenvalue weighted by Crippen LogP contribution is 2.35. The number of thioether (sulfide) groups is 1. The summed E-state index contributed by atoms with van der Waals surface area (Å²) in [6.07, 6.45) is 2.86. The number of hydrogen-bond donors (Lipinski definition) is 1. The zero-order valence-corrected chi connectivity index (χ0v) is 12.9. The third-order valence-corrected chi connectivity index (χ3v) is 4.00. The zero-order chi connectivity index (χ0) is 14.8. The highest BCUT2D eigenvalue weighted by Gasteiger charge is 2.23. The standard InChI is InChI=1S/C15H17FN4S/c1-3-17-13-9-14(19-15(18-13)21-2)20-7-6-10-4-5-11(16)8-12(10)20/h4-5,8-9H,3,6-7H2,1-2H3,(H,17,18,19). The van der Waals surface area contributed by atoms with Crippen LogP contribution in [0.15, 0.2) is 29.4 Å². The molecule has 1 aromatic heterocycles. The summed E-state index contributed by atoms with van der Waals surface area (Å²) in [5.41, 5.74) is 2.06. The first kappa shape index (κ1) is 14.1. The molecule has 1 aromatic carbocycles. The van der Waals surface area contributed by atoms with Crippen LogP contribution in [0, 0.1) is 5.82 Å². The predicted octanol–water partition coefficient (Wildman–Crippen LogP) is 3.46. The Morgan fingerprint density at radius 3 is 2.95 bits per heavy atom. The van der Waals surface area contributed by atoms with E-state index in [1.54, 1.807) is 6.07 Å². The molecule has 0 saturated carbocycles. The molecule has 0 fully saturated rings. The first-order valence-corrected chi connectivity index (χ1v) is 8.16. The van der Waals surface area contributed by atoms with Gasteiger partial charge >= 0.3 is 0 Å². The van der Waals surface area contributed by atoms with Crippen LogP contribution in [0.25, 0.3) is 0 Å². The topological polar surface area (TPSA) is 41.0 Å². The van der Waals surface area contributed by atoms with E-state index >= 15 is 0 Å². The van der Waals surface area contributed by atoms with Crippen LogP contribution >= 0.6 is 11.8 Å². The molecular weight excluding hydrogens is 287 g/mol. The van der Waals surface area contributed by atoms with E-state index in [9.17, 15) is 4.39 Å². The maximum atomic E-state index is 13.5. The SMILES string of the molecule is CCNc1cc(N2CCc3ccc(F)cc32)nc(SC)n1. The average molecular weight is 304 g/mol. The molecule has 4 nitrogen and oxygen atoms in total. The Kier molecular flexibility index (Phi) is 3.96. The summed E-state index contributed by atoms with van der Waals surface area (Å²) in [6, 6.07) is 6.87. The van der Waals surface area contributed by atoms with Gasteiger partial charge in [0.15, 0.2) is 5.16 Å². The minimum absolute atomic E-state index is 0.216. The lowest BCUT2D eigenvalue weighted by Gasteiger charge is -2.19. The summed E-state index contributed by atoms with van der Waals surface area (Å²) in [5.74, 6) is 1.40. The van der Waals surface area contributed by atoms with Gasteiger partial charge in [-0.05, 0) is 37.3 Å². The van der Waals surface area contributed by atoms with Crippen LogP contribution in [0.4, 0.5) is 21.7 Å². The Labute approximate surface area is 127 Å². The molecule has 2 aromatic rings. The van der Waals surface area contributed by atoms with Crippen molar-refractivity contribution in [3.8, 4) is 0 Å². The van der Waals surface area contributed by atoms with Gasteiger partial charge in [0.1, 0.15) is 17.5 Å². The number of nitrogens with zero attached hydrogens (tertiary/aromatic N) is 3. The van der Waals surface area contributed by atoms with Crippen molar-refractivity contribution in [3.63, 3.8) is 0 Å². The first-order valence-electron chi connectivity index (χ1n) is 6.94. The third-order valence-electron chi connectivity index (χ3n) is 3.45.